The monoisotopic (exact) mass is 357 g/mol. The number of nitrogens with one attached hydrogen (secondary N) is 1. The summed E-state index contributed by atoms with van der Waals surface area (Å²) >= 11 is 6.98. The smallest absolute Gasteiger partial charge is 0.0657 e. The van der Waals surface area contributed by atoms with Crippen molar-refractivity contribution in [2.24, 2.45) is 0 Å². The Kier molecular flexibility index (Phi) is 4.36. The Bertz CT molecular complexity index is 508. The van der Waals surface area contributed by atoms with Crippen molar-refractivity contribution in [2.75, 3.05) is 6.54 Å². The van der Waals surface area contributed by atoms with Crippen LogP contribution in [-0.2, 0) is 6.54 Å². The maximum atomic E-state index is 4.25. The zero-order valence-corrected chi connectivity index (χ0v) is 12.6. The fourth-order valence-corrected chi connectivity index (χ4v) is 2.32. The minimum atomic E-state index is 0.875. The highest BCUT2D eigenvalue weighted by Crippen LogP contribution is 2.21. The number of rotatable bonds is 4. The number of nitrogens with zero attached hydrogens (tertiary/aromatic N) is 2. The second kappa shape index (κ2) is 5.80. The van der Waals surface area contributed by atoms with Gasteiger partial charge < -0.3 is 5.32 Å². The highest BCUT2D eigenvalue weighted by molar-refractivity contribution is 9.10. The molecule has 0 spiro atoms. The molecule has 2 rings (SSSR count). The number of halogens is 2. The third-order valence-electron chi connectivity index (χ3n) is 2.42. The van der Waals surface area contributed by atoms with Gasteiger partial charge in [-0.25, -0.2) is 4.68 Å². The molecule has 0 aliphatic heterocycles. The first-order chi connectivity index (χ1) is 8.20. The Morgan fingerprint density at radius 3 is 2.76 bits per heavy atom. The molecule has 0 saturated heterocycles. The Morgan fingerprint density at radius 2 is 2.18 bits per heavy atom. The molecule has 0 atom stereocenters. The molecular weight excluding hydrogens is 346 g/mol. The highest BCUT2D eigenvalue weighted by atomic mass is 79.9. The maximum absolute atomic E-state index is 4.25. The summed E-state index contributed by atoms with van der Waals surface area (Å²) in [7, 11) is 0. The summed E-state index contributed by atoms with van der Waals surface area (Å²) in [4.78, 5) is 0. The lowest BCUT2D eigenvalue weighted by atomic mass is 10.2. The molecule has 1 N–H and O–H groups in total. The minimum absolute atomic E-state index is 0.875. The number of aromatic nitrogens is 2. The van der Waals surface area contributed by atoms with E-state index in [1.807, 2.05) is 10.9 Å². The summed E-state index contributed by atoms with van der Waals surface area (Å²) in [6.45, 7) is 3.95. The van der Waals surface area contributed by atoms with Gasteiger partial charge in [0.1, 0.15) is 0 Å². The normalized spacial score (nSPS) is 10.8. The molecule has 0 aliphatic carbocycles. The van der Waals surface area contributed by atoms with Crippen molar-refractivity contribution in [1.82, 2.24) is 15.1 Å². The van der Waals surface area contributed by atoms with Crippen LogP contribution in [0.2, 0.25) is 0 Å². The molecule has 0 saturated carbocycles. The second-order valence-electron chi connectivity index (χ2n) is 3.66. The molecule has 90 valence electrons. The predicted molar refractivity (Wildman–Crippen MR) is 76.3 cm³/mol. The zero-order chi connectivity index (χ0) is 12.3. The fraction of sp³-hybridized carbons (Fsp3) is 0.250. The molecule has 0 unspecified atom stereocenters. The van der Waals surface area contributed by atoms with E-state index in [2.05, 4.69) is 67.4 Å². The molecule has 17 heavy (non-hydrogen) atoms. The van der Waals surface area contributed by atoms with Gasteiger partial charge in [-0.2, -0.15) is 5.10 Å². The van der Waals surface area contributed by atoms with Crippen LogP contribution in [-0.4, -0.2) is 16.3 Å². The summed E-state index contributed by atoms with van der Waals surface area (Å²) in [6.07, 6.45) is 3.71. The predicted octanol–water partition coefficient (Wildman–Crippen LogP) is 3.51. The lowest BCUT2D eigenvalue weighted by molar-refractivity contribution is 0.724. The summed E-state index contributed by atoms with van der Waals surface area (Å²) in [5.74, 6) is 0. The topological polar surface area (TPSA) is 29.9 Å². The van der Waals surface area contributed by atoms with Crippen molar-refractivity contribution in [3.63, 3.8) is 0 Å². The molecule has 0 bridgehead atoms. The average molecular weight is 359 g/mol. The Morgan fingerprint density at radius 1 is 1.35 bits per heavy atom. The molecule has 1 aromatic carbocycles. The van der Waals surface area contributed by atoms with Gasteiger partial charge in [-0.1, -0.05) is 28.9 Å². The lowest BCUT2D eigenvalue weighted by Crippen LogP contribution is -2.12. The molecule has 0 amide bonds. The summed E-state index contributed by atoms with van der Waals surface area (Å²) in [5.41, 5.74) is 2.30. The lowest BCUT2D eigenvalue weighted by Gasteiger charge is -2.07. The van der Waals surface area contributed by atoms with Crippen molar-refractivity contribution in [3.8, 4) is 5.69 Å². The van der Waals surface area contributed by atoms with Gasteiger partial charge in [0.25, 0.3) is 0 Å². The van der Waals surface area contributed by atoms with Crippen LogP contribution in [0.5, 0.6) is 0 Å². The van der Waals surface area contributed by atoms with E-state index in [1.54, 1.807) is 6.20 Å². The molecular formula is C12H13Br2N3. The van der Waals surface area contributed by atoms with Crippen LogP contribution in [0, 0.1) is 0 Å². The molecule has 3 nitrogen and oxygen atoms in total. The third kappa shape index (κ3) is 3.18. The maximum Gasteiger partial charge on any atom is 0.0657 e. The van der Waals surface area contributed by atoms with E-state index < -0.39 is 0 Å². The highest BCUT2D eigenvalue weighted by Gasteiger charge is 2.03. The van der Waals surface area contributed by atoms with Gasteiger partial charge in [0.15, 0.2) is 0 Å². The average Bonchev–Trinajstić information content (AvgIpc) is 2.74. The second-order valence-corrected chi connectivity index (χ2v) is 5.43. The fourth-order valence-electron chi connectivity index (χ4n) is 1.52. The molecule has 0 fully saturated rings. The first kappa shape index (κ1) is 12.8. The largest absolute Gasteiger partial charge is 0.313 e. The zero-order valence-electron chi connectivity index (χ0n) is 9.45. The SMILES string of the molecule is CCNCc1ccc(-n2cc(Br)cn2)cc1Br. The van der Waals surface area contributed by atoms with Crippen molar-refractivity contribution in [1.29, 1.82) is 0 Å². The van der Waals surface area contributed by atoms with Crippen molar-refractivity contribution >= 4 is 31.9 Å². The van der Waals surface area contributed by atoms with Crippen LogP contribution < -0.4 is 5.32 Å². The van der Waals surface area contributed by atoms with Crippen LogP contribution in [0.4, 0.5) is 0 Å². The van der Waals surface area contributed by atoms with Gasteiger partial charge in [-0.15, -0.1) is 0 Å². The third-order valence-corrected chi connectivity index (χ3v) is 3.57. The molecule has 5 heteroatoms. The van der Waals surface area contributed by atoms with Gasteiger partial charge in [0.2, 0.25) is 0 Å². The van der Waals surface area contributed by atoms with Gasteiger partial charge >= 0.3 is 0 Å². The molecule has 1 heterocycles. The van der Waals surface area contributed by atoms with E-state index in [4.69, 9.17) is 0 Å². The Labute approximate surface area is 117 Å². The van der Waals surface area contributed by atoms with Gasteiger partial charge in [0.05, 0.1) is 16.4 Å². The first-order valence-electron chi connectivity index (χ1n) is 5.40. The number of hydrogen-bond donors (Lipinski definition) is 1. The van der Waals surface area contributed by atoms with Gasteiger partial charge in [-0.05, 0) is 40.2 Å². The molecule has 0 aliphatic rings. The molecule has 1 aromatic heterocycles. The summed E-state index contributed by atoms with van der Waals surface area (Å²) in [5, 5.41) is 7.56. The minimum Gasteiger partial charge on any atom is -0.313 e. The number of hydrogen-bond acceptors (Lipinski definition) is 2. The Balaban J connectivity index is 2.24. The van der Waals surface area contributed by atoms with Crippen LogP contribution in [0.3, 0.4) is 0 Å². The number of benzene rings is 1. The van der Waals surface area contributed by atoms with E-state index in [0.717, 1.165) is 27.7 Å². The van der Waals surface area contributed by atoms with E-state index in [9.17, 15) is 0 Å². The summed E-state index contributed by atoms with van der Waals surface area (Å²) in [6, 6.07) is 6.25. The van der Waals surface area contributed by atoms with Crippen LogP contribution in [0.1, 0.15) is 12.5 Å². The van der Waals surface area contributed by atoms with Crippen molar-refractivity contribution in [3.05, 3.63) is 45.1 Å². The summed E-state index contributed by atoms with van der Waals surface area (Å²) < 4.78 is 3.92. The van der Waals surface area contributed by atoms with E-state index in [0.29, 0.717) is 0 Å². The van der Waals surface area contributed by atoms with E-state index in [-0.39, 0.29) is 0 Å². The van der Waals surface area contributed by atoms with Crippen molar-refractivity contribution < 1.29 is 0 Å². The van der Waals surface area contributed by atoms with Crippen LogP contribution >= 0.6 is 31.9 Å². The molecule has 0 radical (unpaired) electrons. The first-order valence-corrected chi connectivity index (χ1v) is 6.99. The van der Waals surface area contributed by atoms with Crippen LogP contribution in [0.15, 0.2) is 39.5 Å². The standard InChI is InChI=1S/C12H13Br2N3/c1-2-15-6-9-3-4-11(5-12(9)14)17-8-10(13)7-16-17/h3-5,7-8,15H,2,6H2,1H3. The molecule has 2 aromatic rings. The van der Waals surface area contributed by atoms with Gasteiger partial charge in [-0.3, -0.25) is 0 Å². The van der Waals surface area contributed by atoms with Crippen LogP contribution in [0.25, 0.3) is 5.69 Å². The van der Waals surface area contributed by atoms with Gasteiger partial charge in [0, 0.05) is 17.2 Å². The van der Waals surface area contributed by atoms with Crippen molar-refractivity contribution in [2.45, 2.75) is 13.5 Å². The Hall–Kier alpha value is -0.650. The van der Waals surface area contributed by atoms with E-state index in [1.165, 1.54) is 5.56 Å². The quantitative estimate of drug-likeness (QED) is 0.906. The van der Waals surface area contributed by atoms with E-state index >= 15 is 0 Å².